The molecule has 0 saturated carbocycles. The standard InChI is InChI=1S/C18H21N3O/c1-5-11-21-14(4)20-16(12-19-18(22)13(2)3)17(21)15-9-7-6-8-10-15/h5-10H,1-2,11-12H2,3-4H3,(H,19,22). The maximum absolute atomic E-state index is 11.7. The van der Waals surface area contributed by atoms with Crippen molar-refractivity contribution in [2.75, 3.05) is 0 Å². The molecule has 0 spiro atoms. The van der Waals surface area contributed by atoms with Crippen LogP contribution in [-0.2, 0) is 17.9 Å². The lowest BCUT2D eigenvalue weighted by atomic mass is 10.1. The Labute approximate surface area is 131 Å². The van der Waals surface area contributed by atoms with Crippen LogP contribution < -0.4 is 5.32 Å². The normalized spacial score (nSPS) is 10.3. The molecule has 1 amide bonds. The van der Waals surface area contributed by atoms with Crippen molar-refractivity contribution in [3.8, 4) is 11.3 Å². The van der Waals surface area contributed by atoms with Crippen LogP contribution in [0.1, 0.15) is 18.4 Å². The van der Waals surface area contributed by atoms with Crippen molar-refractivity contribution < 1.29 is 4.79 Å². The third-order valence-electron chi connectivity index (χ3n) is 3.39. The number of aromatic nitrogens is 2. The highest BCUT2D eigenvalue weighted by Gasteiger charge is 2.16. The summed E-state index contributed by atoms with van der Waals surface area (Å²) in [7, 11) is 0. The quantitative estimate of drug-likeness (QED) is 0.657. The highest BCUT2D eigenvalue weighted by molar-refractivity contribution is 5.92. The maximum Gasteiger partial charge on any atom is 0.246 e. The van der Waals surface area contributed by atoms with Crippen LogP contribution in [0, 0.1) is 6.92 Å². The zero-order chi connectivity index (χ0) is 16.1. The van der Waals surface area contributed by atoms with Crippen LogP contribution in [0.5, 0.6) is 0 Å². The molecule has 0 bridgehead atoms. The van der Waals surface area contributed by atoms with Gasteiger partial charge in [-0.1, -0.05) is 43.0 Å². The summed E-state index contributed by atoms with van der Waals surface area (Å²) in [5.74, 6) is 0.744. The van der Waals surface area contributed by atoms with E-state index in [-0.39, 0.29) is 5.91 Å². The van der Waals surface area contributed by atoms with Gasteiger partial charge in [0, 0.05) is 17.7 Å². The summed E-state index contributed by atoms with van der Waals surface area (Å²) in [6.45, 7) is 12.2. The van der Waals surface area contributed by atoms with Crippen LogP contribution in [-0.4, -0.2) is 15.5 Å². The van der Waals surface area contributed by atoms with E-state index in [1.165, 1.54) is 0 Å². The van der Waals surface area contributed by atoms with Crippen LogP contribution in [0.2, 0.25) is 0 Å². The van der Waals surface area contributed by atoms with Crippen molar-refractivity contribution >= 4 is 5.91 Å². The van der Waals surface area contributed by atoms with Crippen LogP contribution in [0.15, 0.2) is 55.1 Å². The Morgan fingerprint density at radius 1 is 1.36 bits per heavy atom. The van der Waals surface area contributed by atoms with Gasteiger partial charge in [-0.2, -0.15) is 0 Å². The Hall–Kier alpha value is -2.62. The second-order valence-corrected chi connectivity index (χ2v) is 5.18. The summed E-state index contributed by atoms with van der Waals surface area (Å²) in [5, 5.41) is 2.85. The third kappa shape index (κ3) is 3.34. The van der Waals surface area contributed by atoms with Crippen molar-refractivity contribution in [3.63, 3.8) is 0 Å². The molecular weight excluding hydrogens is 274 g/mol. The van der Waals surface area contributed by atoms with E-state index in [0.717, 1.165) is 22.8 Å². The molecule has 1 aromatic carbocycles. The van der Waals surface area contributed by atoms with E-state index in [0.29, 0.717) is 18.7 Å². The number of nitrogens with zero attached hydrogens (tertiary/aromatic N) is 2. The molecule has 1 N–H and O–H groups in total. The van der Waals surface area contributed by atoms with Crippen molar-refractivity contribution in [3.05, 3.63) is 66.7 Å². The molecule has 2 rings (SSSR count). The van der Waals surface area contributed by atoms with Crippen LogP contribution in [0.3, 0.4) is 0 Å². The molecule has 4 heteroatoms. The number of hydrogen-bond donors (Lipinski definition) is 1. The van der Waals surface area contributed by atoms with Crippen LogP contribution in [0.25, 0.3) is 11.3 Å². The fourth-order valence-corrected chi connectivity index (χ4v) is 2.34. The topological polar surface area (TPSA) is 46.9 Å². The molecule has 0 atom stereocenters. The fraction of sp³-hybridized carbons (Fsp3) is 0.222. The lowest BCUT2D eigenvalue weighted by Gasteiger charge is -2.10. The fourth-order valence-electron chi connectivity index (χ4n) is 2.34. The van der Waals surface area contributed by atoms with Gasteiger partial charge in [0.2, 0.25) is 5.91 Å². The van der Waals surface area contributed by atoms with E-state index in [9.17, 15) is 4.79 Å². The molecule has 4 nitrogen and oxygen atoms in total. The van der Waals surface area contributed by atoms with Gasteiger partial charge >= 0.3 is 0 Å². The Kier molecular flexibility index (Phi) is 4.94. The largest absolute Gasteiger partial charge is 0.347 e. The SMILES string of the molecule is C=CCn1c(C)nc(CNC(=O)C(=C)C)c1-c1ccccc1. The molecular formula is C18H21N3O. The zero-order valence-electron chi connectivity index (χ0n) is 13.1. The number of aryl methyl sites for hydroxylation is 1. The molecule has 0 aliphatic rings. The highest BCUT2D eigenvalue weighted by atomic mass is 16.1. The Morgan fingerprint density at radius 3 is 2.64 bits per heavy atom. The summed E-state index contributed by atoms with van der Waals surface area (Å²) in [4.78, 5) is 16.3. The van der Waals surface area contributed by atoms with Crippen molar-refractivity contribution in [1.29, 1.82) is 0 Å². The van der Waals surface area contributed by atoms with Crippen molar-refractivity contribution in [2.24, 2.45) is 0 Å². The predicted molar refractivity (Wildman–Crippen MR) is 89.3 cm³/mol. The molecule has 22 heavy (non-hydrogen) atoms. The predicted octanol–water partition coefficient (Wildman–Crippen LogP) is 3.24. The van der Waals surface area contributed by atoms with E-state index in [1.807, 2.05) is 43.3 Å². The molecule has 0 unspecified atom stereocenters. The monoisotopic (exact) mass is 295 g/mol. The number of nitrogens with one attached hydrogen (secondary N) is 1. The van der Waals surface area contributed by atoms with Crippen LogP contribution in [0.4, 0.5) is 0 Å². The van der Waals surface area contributed by atoms with Crippen molar-refractivity contribution in [1.82, 2.24) is 14.9 Å². The molecule has 1 aromatic heterocycles. The van der Waals surface area contributed by atoms with E-state index < -0.39 is 0 Å². The number of imidazole rings is 1. The van der Waals surface area contributed by atoms with Gasteiger partial charge in [-0.05, 0) is 13.8 Å². The van der Waals surface area contributed by atoms with Crippen molar-refractivity contribution in [2.45, 2.75) is 26.9 Å². The summed E-state index contributed by atoms with van der Waals surface area (Å²) < 4.78 is 2.10. The second-order valence-electron chi connectivity index (χ2n) is 5.18. The van der Waals surface area contributed by atoms with Gasteiger partial charge in [0.05, 0.1) is 17.9 Å². The van der Waals surface area contributed by atoms with Gasteiger partial charge in [-0.3, -0.25) is 4.79 Å². The summed E-state index contributed by atoms with van der Waals surface area (Å²) >= 11 is 0. The average molecular weight is 295 g/mol. The number of rotatable bonds is 6. The Morgan fingerprint density at radius 2 is 2.05 bits per heavy atom. The van der Waals surface area contributed by atoms with Gasteiger partial charge in [0.15, 0.2) is 0 Å². The zero-order valence-corrected chi connectivity index (χ0v) is 13.1. The maximum atomic E-state index is 11.7. The van der Waals surface area contributed by atoms with Gasteiger partial charge < -0.3 is 9.88 Å². The van der Waals surface area contributed by atoms with Gasteiger partial charge in [-0.15, -0.1) is 6.58 Å². The lowest BCUT2D eigenvalue weighted by Crippen LogP contribution is -2.23. The number of carbonyl (C=O) groups excluding carboxylic acids is 1. The minimum atomic E-state index is -0.157. The number of benzene rings is 1. The first-order valence-electron chi connectivity index (χ1n) is 7.20. The summed E-state index contributed by atoms with van der Waals surface area (Å²) in [6, 6.07) is 10.0. The second kappa shape index (κ2) is 6.89. The molecule has 2 aromatic rings. The first-order valence-corrected chi connectivity index (χ1v) is 7.20. The highest BCUT2D eigenvalue weighted by Crippen LogP contribution is 2.25. The van der Waals surface area contributed by atoms with Gasteiger partial charge in [0.25, 0.3) is 0 Å². The minimum Gasteiger partial charge on any atom is -0.347 e. The Bertz CT molecular complexity index is 699. The summed E-state index contributed by atoms with van der Waals surface area (Å²) in [5.41, 5.74) is 3.42. The third-order valence-corrected chi connectivity index (χ3v) is 3.39. The smallest absolute Gasteiger partial charge is 0.246 e. The van der Waals surface area contributed by atoms with Gasteiger partial charge in [-0.25, -0.2) is 4.98 Å². The average Bonchev–Trinajstić information content (AvgIpc) is 2.82. The van der Waals surface area contributed by atoms with E-state index >= 15 is 0 Å². The lowest BCUT2D eigenvalue weighted by molar-refractivity contribution is -0.117. The van der Waals surface area contributed by atoms with Crippen LogP contribution >= 0.6 is 0 Å². The number of hydrogen-bond acceptors (Lipinski definition) is 2. The number of allylic oxidation sites excluding steroid dienone is 1. The van der Waals surface area contributed by atoms with E-state index in [2.05, 4.69) is 28.0 Å². The first-order chi connectivity index (χ1) is 10.5. The molecule has 0 aliphatic heterocycles. The van der Waals surface area contributed by atoms with Gasteiger partial charge in [0.1, 0.15) is 5.82 Å². The van der Waals surface area contributed by atoms with E-state index in [4.69, 9.17) is 0 Å². The summed E-state index contributed by atoms with van der Waals surface area (Å²) in [6.07, 6.45) is 1.84. The molecule has 0 radical (unpaired) electrons. The molecule has 0 fully saturated rings. The first kappa shape index (κ1) is 15.8. The number of amides is 1. The molecule has 0 saturated heterocycles. The number of carbonyl (C=O) groups is 1. The Balaban J connectivity index is 2.41. The minimum absolute atomic E-state index is 0.157. The molecule has 114 valence electrons. The molecule has 0 aliphatic carbocycles. The van der Waals surface area contributed by atoms with E-state index in [1.54, 1.807) is 6.92 Å². The molecule has 1 heterocycles.